The van der Waals surface area contributed by atoms with Gasteiger partial charge in [0.25, 0.3) is 0 Å². The number of nitrogens with one attached hydrogen (secondary N) is 1. The molecule has 1 saturated carbocycles. The minimum absolute atomic E-state index is 0.256. The van der Waals surface area contributed by atoms with E-state index in [9.17, 15) is 4.39 Å². The molecule has 1 atom stereocenters. The van der Waals surface area contributed by atoms with Gasteiger partial charge in [-0.3, -0.25) is 0 Å². The van der Waals surface area contributed by atoms with E-state index in [-0.39, 0.29) is 11.9 Å². The van der Waals surface area contributed by atoms with Crippen molar-refractivity contribution in [3.8, 4) is 11.5 Å². The maximum Gasteiger partial charge on any atom is 0.165 e. The molecule has 1 heterocycles. The molecule has 1 aromatic carbocycles. The topological polar surface area (TPSA) is 30.5 Å². The molecule has 1 aliphatic heterocycles. The van der Waals surface area contributed by atoms with Crippen LogP contribution in [0.1, 0.15) is 31.2 Å². The van der Waals surface area contributed by atoms with E-state index < -0.39 is 0 Å². The molecule has 0 amide bonds. The van der Waals surface area contributed by atoms with Crippen molar-refractivity contribution in [3.05, 3.63) is 23.5 Å². The number of rotatable bonds is 5. The molecule has 4 heteroatoms. The monoisotopic (exact) mass is 265 g/mol. The van der Waals surface area contributed by atoms with Gasteiger partial charge in [0.15, 0.2) is 11.5 Å². The molecule has 0 spiro atoms. The Balaban J connectivity index is 1.87. The summed E-state index contributed by atoms with van der Waals surface area (Å²) in [4.78, 5) is 0. The van der Waals surface area contributed by atoms with Gasteiger partial charge < -0.3 is 14.8 Å². The van der Waals surface area contributed by atoms with Gasteiger partial charge in [-0.25, -0.2) is 4.39 Å². The zero-order valence-corrected chi connectivity index (χ0v) is 11.2. The van der Waals surface area contributed by atoms with Crippen LogP contribution in [-0.2, 0) is 6.42 Å². The average Bonchev–Trinajstić information content (AvgIpc) is 3.07. The molecular formula is C15H20FNO2. The minimum Gasteiger partial charge on any atom is -0.493 e. The Bertz CT molecular complexity index is 454. The van der Waals surface area contributed by atoms with Gasteiger partial charge in [0.05, 0.1) is 13.2 Å². The molecule has 1 aliphatic carbocycles. The number of ether oxygens (including phenoxy) is 2. The molecule has 1 N–H and O–H groups in total. The standard InChI is InChI=1S/C15H20FNO2/c1-18-14-9-11(16)7-10(8-12-3-2-6-17-12)15(14)19-13-4-5-13/h7,9,12-13,17H,2-6,8H2,1H3. The minimum atomic E-state index is -0.256. The average molecular weight is 265 g/mol. The van der Waals surface area contributed by atoms with Gasteiger partial charge in [0.1, 0.15) is 5.82 Å². The number of halogens is 1. The van der Waals surface area contributed by atoms with Crippen LogP contribution in [0.15, 0.2) is 12.1 Å². The Labute approximate surface area is 113 Å². The third-order valence-electron chi connectivity index (χ3n) is 3.75. The molecule has 2 aliphatic rings. The van der Waals surface area contributed by atoms with Gasteiger partial charge in [-0.2, -0.15) is 0 Å². The lowest BCUT2D eigenvalue weighted by molar-refractivity contribution is 0.277. The van der Waals surface area contributed by atoms with Crippen LogP contribution in [0.2, 0.25) is 0 Å². The maximum absolute atomic E-state index is 13.7. The molecule has 1 aromatic rings. The van der Waals surface area contributed by atoms with Crippen LogP contribution in [0.4, 0.5) is 4.39 Å². The summed E-state index contributed by atoms with van der Waals surface area (Å²) in [5.74, 6) is 0.994. The number of benzene rings is 1. The molecule has 104 valence electrons. The highest BCUT2D eigenvalue weighted by molar-refractivity contribution is 5.48. The smallest absolute Gasteiger partial charge is 0.165 e. The summed E-state index contributed by atoms with van der Waals surface area (Å²) >= 11 is 0. The third-order valence-corrected chi connectivity index (χ3v) is 3.75. The number of methoxy groups -OCH3 is 1. The largest absolute Gasteiger partial charge is 0.493 e. The first-order chi connectivity index (χ1) is 9.26. The fourth-order valence-electron chi connectivity index (χ4n) is 2.61. The molecule has 3 nitrogen and oxygen atoms in total. The Morgan fingerprint density at radius 3 is 2.79 bits per heavy atom. The van der Waals surface area contributed by atoms with Crippen molar-refractivity contribution < 1.29 is 13.9 Å². The van der Waals surface area contributed by atoms with Crippen LogP contribution in [0.5, 0.6) is 11.5 Å². The zero-order chi connectivity index (χ0) is 13.2. The molecule has 0 aromatic heterocycles. The first-order valence-corrected chi connectivity index (χ1v) is 7.02. The van der Waals surface area contributed by atoms with Crippen molar-refractivity contribution >= 4 is 0 Å². The fourth-order valence-corrected chi connectivity index (χ4v) is 2.61. The van der Waals surface area contributed by atoms with Gasteiger partial charge in [0, 0.05) is 17.7 Å². The van der Waals surface area contributed by atoms with E-state index >= 15 is 0 Å². The van der Waals surface area contributed by atoms with E-state index in [1.807, 2.05) is 0 Å². The Hall–Kier alpha value is -1.29. The summed E-state index contributed by atoms with van der Waals surface area (Å²) in [5, 5.41) is 3.44. The highest BCUT2D eigenvalue weighted by Gasteiger charge is 2.27. The van der Waals surface area contributed by atoms with E-state index in [1.54, 1.807) is 13.2 Å². The lowest BCUT2D eigenvalue weighted by Gasteiger charge is -2.17. The van der Waals surface area contributed by atoms with Crippen molar-refractivity contribution in [1.82, 2.24) is 5.32 Å². The molecule has 2 fully saturated rings. The second kappa shape index (κ2) is 5.37. The number of hydrogen-bond acceptors (Lipinski definition) is 3. The van der Waals surface area contributed by atoms with E-state index in [0.717, 1.165) is 43.5 Å². The molecular weight excluding hydrogens is 245 g/mol. The van der Waals surface area contributed by atoms with Crippen molar-refractivity contribution in [3.63, 3.8) is 0 Å². The molecule has 0 bridgehead atoms. The quantitative estimate of drug-likeness (QED) is 0.888. The van der Waals surface area contributed by atoms with E-state index in [0.29, 0.717) is 11.8 Å². The summed E-state index contributed by atoms with van der Waals surface area (Å²) < 4.78 is 24.9. The lowest BCUT2D eigenvalue weighted by atomic mass is 10.0. The van der Waals surface area contributed by atoms with Crippen LogP contribution >= 0.6 is 0 Å². The van der Waals surface area contributed by atoms with Crippen LogP contribution < -0.4 is 14.8 Å². The van der Waals surface area contributed by atoms with Gasteiger partial charge >= 0.3 is 0 Å². The third kappa shape index (κ3) is 3.00. The summed E-state index contributed by atoms with van der Waals surface area (Å²) in [6.45, 7) is 1.05. The fraction of sp³-hybridized carbons (Fsp3) is 0.600. The molecule has 0 radical (unpaired) electrons. The lowest BCUT2D eigenvalue weighted by Crippen LogP contribution is -2.24. The molecule has 19 heavy (non-hydrogen) atoms. The van der Waals surface area contributed by atoms with Crippen molar-refractivity contribution in [2.45, 2.75) is 44.2 Å². The SMILES string of the molecule is COc1cc(F)cc(CC2CCCN2)c1OC1CC1. The predicted molar refractivity (Wildman–Crippen MR) is 71.3 cm³/mol. The maximum atomic E-state index is 13.7. The normalized spacial score (nSPS) is 22.5. The summed E-state index contributed by atoms with van der Waals surface area (Å²) in [6.07, 6.45) is 5.59. The Kier molecular flexibility index (Phi) is 3.60. The molecule has 1 unspecified atom stereocenters. The van der Waals surface area contributed by atoms with Crippen LogP contribution in [0, 0.1) is 5.82 Å². The first-order valence-electron chi connectivity index (χ1n) is 7.02. The summed E-state index contributed by atoms with van der Waals surface area (Å²) in [6, 6.07) is 3.41. The van der Waals surface area contributed by atoms with Gasteiger partial charge in [-0.1, -0.05) is 0 Å². The Morgan fingerprint density at radius 2 is 2.16 bits per heavy atom. The molecule has 1 saturated heterocycles. The van der Waals surface area contributed by atoms with Crippen molar-refractivity contribution in [1.29, 1.82) is 0 Å². The van der Waals surface area contributed by atoms with Gasteiger partial charge in [0.2, 0.25) is 0 Å². The van der Waals surface area contributed by atoms with Crippen molar-refractivity contribution in [2.24, 2.45) is 0 Å². The van der Waals surface area contributed by atoms with Crippen LogP contribution in [0.3, 0.4) is 0 Å². The second-order valence-corrected chi connectivity index (χ2v) is 5.41. The van der Waals surface area contributed by atoms with Gasteiger partial charge in [-0.05, 0) is 44.7 Å². The zero-order valence-electron chi connectivity index (χ0n) is 11.2. The van der Waals surface area contributed by atoms with Crippen LogP contribution in [-0.4, -0.2) is 25.8 Å². The predicted octanol–water partition coefficient (Wildman–Crippen LogP) is 2.67. The van der Waals surface area contributed by atoms with E-state index in [2.05, 4.69) is 5.32 Å². The summed E-state index contributed by atoms with van der Waals surface area (Å²) in [5.41, 5.74) is 0.920. The second-order valence-electron chi connectivity index (χ2n) is 5.41. The van der Waals surface area contributed by atoms with Crippen LogP contribution in [0.25, 0.3) is 0 Å². The van der Waals surface area contributed by atoms with E-state index in [1.165, 1.54) is 12.5 Å². The summed E-state index contributed by atoms with van der Waals surface area (Å²) in [7, 11) is 1.56. The molecule has 3 rings (SSSR count). The first kappa shape index (κ1) is 12.7. The highest BCUT2D eigenvalue weighted by Crippen LogP contribution is 2.38. The van der Waals surface area contributed by atoms with Gasteiger partial charge in [-0.15, -0.1) is 0 Å². The highest BCUT2D eigenvalue weighted by atomic mass is 19.1. The van der Waals surface area contributed by atoms with Crippen molar-refractivity contribution in [2.75, 3.05) is 13.7 Å². The van der Waals surface area contributed by atoms with E-state index in [4.69, 9.17) is 9.47 Å². The Morgan fingerprint density at radius 1 is 1.32 bits per heavy atom. The number of hydrogen-bond donors (Lipinski definition) is 1.